The number of aliphatic imine (C=N–C) groups is 1. The number of aromatic carboxylic acids is 1. The van der Waals surface area contributed by atoms with Gasteiger partial charge in [-0.3, -0.25) is 4.99 Å². The molecule has 6 heteroatoms. The topological polar surface area (TPSA) is 87.5 Å². The lowest BCUT2D eigenvalue weighted by atomic mass is 9.87. The van der Waals surface area contributed by atoms with Gasteiger partial charge in [0.25, 0.3) is 0 Å². The van der Waals surface area contributed by atoms with Crippen LogP contribution in [0.15, 0.2) is 41.7 Å². The Labute approximate surface area is 129 Å². The van der Waals surface area contributed by atoms with Gasteiger partial charge in [-0.25, -0.2) is 14.8 Å². The molecule has 0 atom stereocenters. The summed E-state index contributed by atoms with van der Waals surface area (Å²) in [7, 11) is 1.74. The molecule has 0 unspecified atom stereocenters. The van der Waals surface area contributed by atoms with Crippen molar-refractivity contribution in [2.75, 3.05) is 12.4 Å². The molecule has 0 aliphatic carbocycles. The Balaban J connectivity index is 2.18. The van der Waals surface area contributed by atoms with Gasteiger partial charge in [-0.2, -0.15) is 0 Å². The zero-order valence-corrected chi connectivity index (χ0v) is 12.7. The Hall–Kier alpha value is -2.76. The van der Waals surface area contributed by atoms with Crippen LogP contribution in [0.2, 0.25) is 0 Å². The van der Waals surface area contributed by atoms with Crippen LogP contribution in [0.25, 0.3) is 0 Å². The fourth-order valence-electron chi connectivity index (χ4n) is 2.01. The summed E-state index contributed by atoms with van der Waals surface area (Å²) in [5.74, 6) is 0.0481. The molecular formula is C16H18N4O2. The van der Waals surface area contributed by atoms with Gasteiger partial charge in [-0.05, 0) is 23.8 Å². The zero-order chi connectivity index (χ0) is 16.2. The van der Waals surface area contributed by atoms with E-state index >= 15 is 0 Å². The number of anilines is 2. The quantitative estimate of drug-likeness (QED) is 0.829. The minimum Gasteiger partial charge on any atom is -0.478 e. The molecule has 6 nitrogen and oxygen atoms in total. The fraction of sp³-hybridized carbons (Fsp3) is 0.250. The number of carboxylic acid groups (broad SMARTS) is 1. The largest absolute Gasteiger partial charge is 0.478 e. The van der Waals surface area contributed by atoms with Crippen LogP contribution < -0.4 is 5.32 Å². The second-order valence-electron chi connectivity index (χ2n) is 5.40. The maximum Gasteiger partial charge on any atom is 0.335 e. The van der Waals surface area contributed by atoms with Gasteiger partial charge in [0.15, 0.2) is 0 Å². The van der Waals surface area contributed by atoms with Crippen LogP contribution in [-0.4, -0.2) is 34.3 Å². The van der Waals surface area contributed by atoms with E-state index < -0.39 is 5.97 Å². The van der Waals surface area contributed by atoms with Gasteiger partial charge in [0.1, 0.15) is 11.6 Å². The van der Waals surface area contributed by atoms with Crippen LogP contribution in [0, 0.1) is 0 Å². The summed E-state index contributed by atoms with van der Waals surface area (Å²) in [4.78, 5) is 23.4. The Kier molecular flexibility index (Phi) is 4.50. The third-order valence-electron chi connectivity index (χ3n) is 3.22. The average molecular weight is 298 g/mol. The van der Waals surface area contributed by atoms with Crippen molar-refractivity contribution in [1.82, 2.24) is 9.97 Å². The molecule has 0 saturated carbocycles. The summed E-state index contributed by atoms with van der Waals surface area (Å²) in [6, 6.07) is 6.69. The van der Waals surface area contributed by atoms with Gasteiger partial charge in [-0.15, -0.1) is 0 Å². The molecule has 2 heterocycles. The predicted octanol–water partition coefficient (Wildman–Crippen LogP) is 2.90. The van der Waals surface area contributed by atoms with Gasteiger partial charge in [0.2, 0.25) is 0 Å². The molecule has 0 amide bonds. The smallest absolute Gasteiger partial charge is 0.335 e. The van der Waals surface area contributed by atoms with E-state index in [0.717, 1.165) is 5.56 Å². The van der Waals surface area contributed by atoms with Crippen molar-refractivity contribution in [3.8, 4) is 0 Å². The fourth-order valence-corrected chi connectivity index (χ4v) is 2.01. The molecule has 0 radical (unpaired) electrons. The van der Waals surface area contributed by atoms with Gasteiger partial charge >= 0.3 is 5.97 Å². The van der Waals surface area contributed by atoms with Crippen LogP contribution >= 0.6 is 0 Å². The number of carboxylic acids is 1. The number of hydrogen-bond donors (Lipinski definition) is 2. The van der Waals surface area contributed by atoms with E-state index in [1.54, 1.807) is 13.2 Å². The number of aromatic nitrogens is 2. The molecule has 0 spiro atoms. The predicted molar refractivity (Wildman–Crippen MR) is 86.2 cm³/mol. The Morgan fingerprint density at radius 1 is 1.27 bits per heavy atom. The van der Waals surface area contributed by atoms with Crippen molar-refractivity contribution in [2.45, 2.75) is 19.3 Å². The lowest BCUT2D eigenvalue weighted by Gasteiger charge is -2.19. The number of carbonyl (C=O) groups is 1. The molecule has 0 bridgehead atoms. The second kappa shape index (κ2) is 6.34. The second-order valence-corrected chi connectivity index (χ2v) is 5.40. The minimum absolute atomic E-state index is 0.175. The first-order valence-electron chi connectivity index (χ1n) is 6.78. The highest BCUT2D eigenvalue weighted by atomic mass is 16.4. The molecule has 2 N–H and O–H groups in total. The third-order valence-corrected chi connectivity index (χ3v) is 3.22. The van der Waals surface area contributed by atoms with Crippen molar-refractivity contribution in [3.63, 3.8) is 0 Å². The average Bonchev–Trinajstić information content (AvgIpc) is 2.48. The van der Waals surface area contributed by atoms with Gasteiger partial charge < -0.3 is 10.4 Å². The first-order chi connectivity index (χ1) is 10.4. The van der Waals surface area contributed by atoms with E-state index in [1.807, 2.05) is 18.3 Å². The molecule has 22 heavy (non-hydrogen) atoms. The van der Waals surface area contributed by atoms with Gasteiger partial charge in [0.05, 0.1) is 5.56 Å². The number of hydrogen-bond acceptors (Lipinski definition) is 5. The van der Waals surface area contributed by atoms with Crippen LogP contribution in [-0.2, 0) is 5.41 Å². The Morgan fingerprint density at radius 2 is 2.05 bits per heavy atom. The normalized spacial score (nSPS) is 11.6. The molecule has 0 aliphatic rings. The Morgan fingerprint density at radius 3 is 2.64 bits per heavy atom. The van der Waals surface area contributed by atoms with Crippen molar-refractivity contribution in [2.24, 2.45) is 4.99 Å². The molecule has 0 aliphatic heterocycles. The lowest BCUT2D eigenvalue weighted by molar-refractivity contribution is 0.0697. The lowest BCUT2D eigenvalue weighted by Crippen LogP contribution is -2.19. The van der Waals surface area contributed by atoms with E-state index in [0.29, 0.717) is 11.6 Å². The molecular weight excluding hydrogens is 280 g/mol. The monoisotopic (exact) mass is 298 g/mol. The highest BCUT2D eigenvalue weighted by Crippen LogP contribution is 2.22. The molecule has 2 aromatic heterocycles. The number of nitrogens with one attached hydrogen (secondary N) is 1. The maximum atomic E-state index is 10.9. The minimum atomic E-state index is -0.991. The summed E-state index contributed by atoms with van der Waals surface area (Å²) < 4.78 is 0. The van der Waals surface area contributed by atoms with Crippen molar-refractivity contribution >= 4 is 23.8 Å². The number of pyridine rings is 2. The van der Waals surface area contributed by atoms with Crippen molar-refractivity contribution < 1.29 is 9.90 Å². The van der Waals surface area contributed by atoms with Crippen LogP contribution in [0.1, 0.15) is 29.8 Å². The Bertz CT molecular complexity index is 694. The van der Waals surface area contributed by atoms with Crippen LogP contribution in [0.5, 0.6) is 0 Å². The third kappa shape index (κ3) is 3.66. The van der Waals surface area contributed by atoms with E-state index in [9.17, 15) is 4.79 Å². The van der Waals surface area contributed by atoms with E-state index in [1.165, 1.54) is 18.3 Å². The van der Waals surface area contributed by atoms with Crippen molar-refractivity contribution in [1.29, 1.82) is 0 Å². The summed E-state index contributed by atoms with van der Waals surface area (Å²) >= 11 is 0. The molecule has 0 fully saturated rings. The summed E-state index contributed by atoms with van der Waals surface area (Å²) in [5, 5.41) is 12.0. The van der Waals surface area contributed by atoms with Gasteiger partial charge in [0, 0.05) is 31.1 Å². The molecule has 0 saturated heterocycles. The zero-order valence-electron chi connectivity index (χ0n) is 12.7. The first-order valence-corrected chi connectivity index (χ1v) is 6.78. The maximum absolute atomic E-state index is 10.9. The van der Waals surface area contributed by atoms with Crippen LogP contribution in [0.3, 0.4) is 0 Å². The highest BCUT2D eigenvalue weighted by Gasteiger charge is 2.18. The van der Waals surface area contributed by atoms with E-state index in [2.05, 4.69) is 34.1 Å². The first kappa shape index (κ1) is 15.6. The van der Waals surface area contributed by atoms with E-state index in [4.69, 9.17) is 5.11 Å². The standard InChI is InChI=1S/C16H18N4O2/c1-16(2,10-17-3)12-4-5-13(19-9-12)20-14-8-11(15(21)22)6-7-18-14/h4-10H,1-3H3,(H,21,22)(H,18,19,20). The number of rotatable bonds is 5. The summed E-state index contributed by atoms with van der Waals surface area (Å²) in [6.07, 6.45) is 5.08. The molecule has 2 rings (SSSR count). The number of nitrogens with zero attached hydrogens (tertiary/aromatic N) is 3. The SMILES string of the molecule is CN=CC(C)(C)c1ccc(Nc2cc(C(=O)O)ccn2)nc1. The summed E-state index contributed by atoms with van der Waals surface area (Å²) in [6.45, 7) is 4.12. The molecule has 2 aromatic rings. The van der Waals surface area contributed by atoms with E-state index in [-0.39, 0.29) is 11.0 Å². The molecule has 114 valence electrons. The van der Waals surface area contributed by atoms with Crippen molar-refractivity contribution in [3.05, 3.63) is 47.8 Å². The molecule has 0 aromatic carbocycles. The van der Waals surface area contributed by atoms with Crippen LogP contribution in [0.4, 0.5) is 11.6 Å². The summed E-state index contributed by atoms with van der Waals surface area (Å²) in [5.41, 5.74) is 1.02. The van der Waals surface area contributed by atoms with Gasteiger partial charge in [-0.1, -0.05) is 19.9 Å². The highest BCUT2D eigenvalue weighted by molar-refractivity contribution is 5.88.